The van der Waals surface area contributed by atoms with Crippen molar-refractivity contribution in [3.63, 3.8) is 0 Å². The lowest BCUT2D eigenvalue weighted by Gasteiger charge is -1.98. The third kappa shape index (κ3) is 2.00. The number of benzene rings is 2. The van der Waals surface area contributed by atoms with Gasteiger partial charge in [0.15, 0.2) is 11.1 Å². The highest BCUT2D eigenvalue weighted by Crippen LogP contribution is 2.29. The molecule has 2 heterocycles. The van der Waals surface area contributed by atoms with Gasteiger partial charge in [-0.25, -0.2) is 9.78 Å². The number of nitrogens with zero attached hydrogens (tertiary/aromatic N) is 1. The van der Waals surface area contributed by atoms with Crippen molar-refractivity contribution in [1.82, 2.24) is 4.98 Å². The van der Waals surface area contributed by atoms with Gasteiger partial charge in [-0.3, -0.25) is 0 Å². The van der Waals surface area contributed by atoms with Gasteiger partial charge in [0.2, 0.25) is 5.89 Å². The van der Waals surface area contributed by atoms with Crippen molar-refractivity contribution < 1.29 is 8.83 Å². The SMILES string of the molecule is Cc1ccc2oc(=O)c3nc(-c4ccc(Cl)cc4)oc3c2c1. The van der Waals surface area contributed by atoms with Crippen LogP contribution in [-0.4, -0.2) is 4.98 Å². The fourth-order valence-electron chi connectivity index (χ4n) is 2.42. The Hall–Kier alpha value is -2.59. The highest BCUT2D eigenvalue weighted by molar-refractivity contribution is 6.30. The fraction of sp³-hybridized carbons (Fsp3) is 0.0588. The molecule has 0 amide bonds. The Labute approximate surface area is 130 Å². The Balaban J connectivity index is 2.06. The molecule has 0 radical (unpaired) electrons. The van der Waals surface area contributed by atoms with E-state index in [2.05, 4.69) is 4.98 Å². The lowest BCUT2D eigenvalue weighted by atomic mass is 10.1. The largest absolute Gasteiger partial charge is 0.435 e. The summed E-state index contributed by atoms with van der Waals surface area (Å²) in [4.78, 5) is 16.3. The zero-order chi connectivity index (χ0) is 15.3. The first-order valence-corrected chi connectivity index (χ1v) is 7.09. The van der Waals surface area contributed by atoms with Gasteiger partial charge in [-0.2, -0.15) is 0 Å². The number of hydrogen-bond donors (Lipinski definition) is 0. The number of rotatable bonds is 1. The molecule has 0 aliphatic carbocycles. The smallest absolute Gasteiger partial charge is 0.366 e. The monoisotopic (exact) mass is 311 g/mol. The molecule has 5 heteroatoms. The first kappa shape index (κ1) is 13.1. The Morgan fingerprint density at radius 2 is 1.82 bits per heavy atom. The summed E-state index contributed by atoms with van der Waals surface area (Å²) in [5.41, 5.74) is 2.42. The summed E-state index contributed by atoms with van der Waals surface area (Å²) >= 11 is 5.88. The molecule has 0 aliphatic heterocycles. The van der Waals surface area contributed by atoms with Crippen LogP contribution in [0.5, 0.6) is 0 Å². The van der Waals surface area contributed by atoms with Crippen molar-refractivity contribution >= 4 is 33.7 Å². The van der Waals surface area contributed by atoms with Crippen molar-refractivity contribution in [3.8, 4) is 11.5 Å². The second kappa shape index (κ2) is 4.71. The van der Waals surface area contributed by atoms with E-state index in [-0.39, 0.29) is 5.52 Å². The molecular formula is C17H10ClNO3. The van der Waals surface area contributed by atoms with Crippen molar-refractivity contribution in [2.45, 2.75) is 6.92 Å². The molecule has 0 N–H and O–H groups in total. The van der Waals surface area contributed by atoms with Crippen LogP contribution in [-0.2, 0) is 0 Å². The third-order valence-corrected chi connectivity index (χ3v) is 3.75. The van der Waals surface area contributed by atoms with Crippen molar-refractivity contribution in [3.05, 3.63) is 63.5 Å². The van der Waals surface area contributed by atoms with Gasteiger partial charge in [0.05, 0.1) is 5.39 Å². The van der Waals surface area contributed by atoms with Crippen LogP contribution in [0, 0.1) is 6.92 Å². The van der Waals surface area contributed by atoms with E-state index in [1.165, 1.54) is 0 Å². The zero-order valence-corrected chi connectivity index (χ0v) is 12.3. The lowest BCUT2D eigenvalue weighted by molar-refractivity contribution is 0.565. The van der Waals surface area contributed by atoms with Crippen LogP contribution in [0.25, 0.3) is 33.5 Å². The average Bonchev–Trinajstić information content (AvgIpc) is 2.95. The minimum atomic E-state index is -0.504. The highest BCUT2D eigenvalue weighted by atomic mass is 35.5. The van der Waals surface area contributed by atoms with Crippen LogP contribution in [0.2, 0.25) is 5.02 Å². The molecule has 0 aliphatic rings. The zero-order valence-electron chi connectivity index (χ0n) is 11.6. The molecule has 0 bridgehead atoms. The summed E-state index contributed by atoms with van der Waals surface area (Å²) in [5, 5.41) is 1.36. The normalized spacial score (nSPS) is 11.4. The predicted octanol–water partition coefficient (Wildman–Crippen LogP) is 4.56. The Morgan fingerprint density at radius 3 is 2.59 bits per heavy atom. The molecule has 2 aromatic carbocycles. The van der Waals surface area contributed by atoms with Crippen molar-refractivity contribution in [2.75, 3.05) is 0 Å². The predicted molar refractivity (Wildman–Crippen MR) is 85.2 cm³/mol. The molecule has 108 valence electrons. The molecule has 4 rings (SSSR count). The van der Waals surface area contributed by atoms with Crippen LogP contribution in [0.1, 0.15) is 5.56 Å². The Morgan fingerprint density at radius 1 is 1.05 bits per heavy atom. The second-order valence-electron chi connectivity index (χ2n) is 5.09. The number of aryl methyl sites for hydroxylation is 1. The quantitative estimate of drug-likeness (QED) is 0.483. The number of aromatic nitrogens is 1. The average molecular weight is 312 g/mol. The molecule has 4 aromatic rings. The van der Waals surface area contributed by atoms with Crippen LogP contribution < -0.4 is 5.63 Å². The van der Waals surface area contributed by atoms with Gasteiger partial charge in [0.25, 0.3) is 0 Å². The molecule has 0 saturated heterocycles. The maximum absolute atomic E-state index is 12.1. The van der Waals surface area contributed by atoms with Gasteiger partial charge in [-0.05, 0) is 43.3 Å². The number of halogens is 1. The van der Waals surface area contributed by atoms with Gasteiger partial charge >= 0.3 is 5.63 Å². The Kier molecular flexibility index (Phi) is 2.81. The van der Waals surface area contributed by atoms with E-state index in [0.29, 0.717) is 22.1 Å². The van der Waals surface area contributed by atoms with Gasteiger partial charge in [-0.15, -0.1) is 0 Å². The van der Waals surface area contributed by atoms with Gasteiger partial charge in [-0.1, -0.05) is 23.2 Å². The third-order valence-electron chi connectivity index (χ3n) is 3.49. The van der Waals surface area contributed by atoms with Crippen LogP contribution >= 0.6 is 11.6 Å². The van der Waals surface area contributed by atoms with Gasteiger partial charge in [0.1, 0.15) is 5.58 Å². The number of hydrogen-bond acceptors (Lipinski definition) is 4. The maximum atomic E-state index is 12.1. The first-order chi connectivity index (χ1) is 10.6. The highest BCUT2D eigenvalue weighted by Gasteiger charge is 2.16. The molecule has 0 fully saturated rings. The summed E-state index contributed by atoms with van der Waals surface area (Å²) in [6, 6.07) is 12.6. The second-order valence-corrected chi connectivity index (χ2v) is 5.53. The van der Waals surface area contributed by atoms with E-state index < -0.39 is 5.63 Å². The number of fused-ring (bicyclic) bond motifs is 3. The van der Waals surface area contributed by atoms with Crippen LogP contribution in [0.15, 0.2) is 56.1 Å². The fourth-order valence-corrected chi connectivity index (χ4v) is 2.54. The summed E-state index contributed by atoms with van der Waals surface area (Å²) in [6.45, 7) is 1.97. The lowest BCUT2D eigenvalue weighted by Crippen LogP contribution is -1.99. The van der Waals surface area contributed by atoms with Gasteiger partial charge < -0.3 is 8.83 Å². The van der Waals surface area contributed by atoms with E-state index >= 15 is 0 Å². The van der Waals surface area contributed by atoms with Crippen molar-refractivity contribution in [1.29, 1.82) is 0 Å². The molecule has 2 aromatic heterocycles. The number of oxazole rings is 1. The van der Waals surface area contributed by atoms with Crippen LogP contribution in [0.3, 0.4) is 0 Å². The first-order valence-electron chi connectivity index (χ1n) is 6.72. The maximum Gasteiger partial charge on any atom is 0.366 e. The summed E-state index contributed by atoms with van der Waals surface area (Å²) < 4.78 is 11.1. The van der Waals surface area contributed by atoms with Gasteiger partial charge in [0, 0.05) is 10.6 Å². The van der Waals surface area contributed by atoms with E-state index in [9.17, 15) is 4.79 Å². The molecule has 4 nitrogen and oxygen atoms in total. The summed E-state index contributed by atoms with van der Waals surface area (Å²) in [6.07, 6.45) is 0. The minimum Gasteiger partial charge on any atom is -0.435 e. The molecule has 0 saturated carbocycles. The standard InChI is InChI=1S/C17H10ClNO3/c1-9-2-7-13-12(8-9)15-14(17(20)21-13)19-16(22-15)10-3-5-11(18)6-4-10/h2-8H,1H3. The summed E-state index contributed by atoms with van der Waals surface area (Å²) in [5.74, 6) is 0.368. The topological polar surface area (TPSA) is 56.2 Å². The molecule has 0 atom stereocenters. The van der Waals surface area contributed by atoms with Crippen molar-refractivity contribution in [2.24, 2.45) is 0 Å². The molecular weight excluding hydrogens is 302 g/mol. The van der Waals surface area contributed by atoms with E-state index in [4.69, 9.17) is 20.4 Å². The molecule has 0 spiro atoms. The minimum absolute atomic E-state index is 0.197. The molecule has 0 unspecified atom stereocenters. The van der Waals surface area contributed by atoms with Crippen LogP contribution in [0.4, 0.5) is 0 Å². The Bertz CT molecular complexity index is 1060. The summed E-state index contributed by atoms with van der Waals surface area (Å²) in [7, 11) is 0. The van der Waals surface area contributed by atoms with E-state index in [1.54, 1.807) is 30.3 Å². The van der Waals surface area contributed by atoms with E-state index in [1.807, 2.05) is 19.1 Å². The van der Waals surface area contributed by atoms with E-state index in [0.717, 1.165) is 16.5 Å². The molecule has 22 heavy (non-hydrogen) atoms.